The Bertz CT molecular complexity index is 410. The van der Waals surface area contributed by atoms with E-state index in [1.807, 2.05) is 30.3 Å². The fourth-order valence-corrected chi connectivity index (χ4v) is 1.17. The average Bonchev–Trinajstić information content (AvgIpc) is 2.49. The molecule has 1 aromatic carbocycles. The molecule has 4 nitrogen and oxygen atoms in total. The fourth-order valence-electron chi connectivity index (χ4n) is 1.17. The number of aromatic nitrogens is 3. The third kappa shape index (κ3) is 1.70. The summed E-state index contributed by atoms with van der Waals surface area (Å²) in [6.07, 6.45) is 0. The van der Waals surface area contributed by atoms with Crippen molar-refractivity contribution in [3.63, 3.8) is 0 Å². The lowest BCUT2D eigenvalue weighted by Crippen LogP contribution is -1.97. The number of nitrogens with zero attached hydrogens (tertiary/aromatic N) is 3. The van der Waals surface area contributed by atoms with Gasteiger partial charge < -0.3 is 5.73 Å². The van der Waals surface area contributed by atoms with Crippen LogP contribution < -0.4 is 5.73 Å². The number of halogens is 1. The first-order valence-electron chi connectivity index (χ1n) is 3.99. The Labute approximate surface area is 88.1 Å². The molecule has 0 radical (unpaired) electrons. The summed E-state index contributed by atoms with van der Waals surface area (Å²) in [5.41, 5.74) is 7.51. The smallest absolute Gasteiger partial charge is 0.150 e. The molecule has 0 saturated carbocycles. The second kappa shape index (κ2) is 4.11. The molecule has 1 heterocycles. The lowest BCUT2D eigenvalue weighted by atomic mass is 10.1. The van der Waals surface area contributed by atoms with Crippen LogP contribution in [0.25, 0.3) is 11.3 Å². The predicted molar refractivity (Wildman–Crippen MR) is 58.1 cm³/mol. The highest BCUT2D eigenvalue weighted by molar-refractivity contribution is 5.85. The predicted octanol–water partition coefficient (Wildman–Crippen LogP) is 1.49. The Morgan fingerprint density at radius 2 is 1.86 bits per heavy atom. The van der Waals surface area contributed by atoms with Gasteiger partial charge in [-0.05, 0) is 0 Å². The maximum Gasteiger partial charge on any atom is 0.150 e. The van der Waals surface area contributed by atoms with Crippen molar-refractivity contribution in [1.82, 2.24) is 15.0 Å². The zero-order valence-corrected chi connectivity index (χ0v) is 8.53. The van der Waals surface area contributed by atoms with Gasteiger partial charge in [0.1, 0.15) is 11.5 Å². The summed E-state index contributed by atoms with van der Waals surface area (Å²) in [5.74, 6) is 0.589. The van der Waals surface area contributed by atoms with E-state index in [4.69, 9.17) is 5.73 Å². The monoisotopic (exact) mass is 210 g/mol. The maximum atomic E-state index is 5.77. The van der Waals surface area contributed by atoms with E-state index in [0.717, 1.165) is 11.3 Å². The molecule has 2 aromatic rings. The zero-order valence-electron chi connectivity index (χ0n) is 7.71. The number of benzene rings is 1. The second-order valence-electron chi connectivity index (χ2n) is 2.81. The molecule has 0 atom stereocenters. The summed E-state index contributed by atoms with van der Waals surface area (Å²) >= 11 is 0. The van der Waals surface area contributed by atoms with E-state index in [2.05, 4.69) is 10.3 Å². The summed E-state index contributed by atoms with van der Waals surface area (Å²) in [6, 6.07) is 9.77. The standard InChI is InChI=1S/C9H10N4.ClH/c1-13-9(10)8(11-12-13)7-5-3-2-4-6-7;/h2-6H,10H2,1H3;1H. The van der Waals surface area contributed by atoms with Crippen LogP contribution in [0, 0.1) is 0 Å². The fraction of sp³-hybridized carbons (Fsp3) is 0.111. The molecule has 0 amide bonds. The van der Waals surface area contributed by atoms with Crippen LogP contribution in [0.5, 0.6) is 0 Å². The third-order valence-electron chi connectivity index (χ3n) is 1.92. The van der Waals surface area contributed by atoms with Crippen molar-refractivity contribution >= 4 is 18.2 Å². The van der Waals surface area contributed by atoms with Gasteiger partial charge >= 0.3 is 0 Å². The number of hydrogen-bond donors (Lipinski definition) is 1. The van der Waals surface area contributed by atoms with Gasteiger partial charge in [-0.15, -0.1) is 17.5 Å². The minimum atomic E-state index is 0. The van der Waals surface area contributed by atoms with Crippen LogP contribution >= 0.6 is 12.4 Å². The molecule has 0 spiro atoms. The van der Waals surface area contributed by atoms with Gasteiger partial charge in [0.05, 0.1) is 0 Å². The normalized spacial score (nSPS) is 9.50. The summed E-state index contributed by atoms with van der Waals surface area (Å²) < 4.78 is 1.56. The van der Waals surface area contributed by atoms with E-state index in [1.54, 1.807) is 11.7 Å². The zero-order chi connectivity index (χ0) is 9.26. The van der Waals surface area contributed by atoms with Crippen LogP contribution in [0.4, 0.5) is 5.82 Å². The summed E-state index contributed by atoms with van der Waals surface area (Å²) in [6.45, 7) is 0. The molecular weight excluding hydrogens is 200 g/mol. The molecule has 0 bridgehead atoms. The van der Waals surface area contributed by atoms with Crippen molar-refractivity contribution in [3.05, 3.63) is 30.3 Å². The molecule has 5 heteroatoms. The first-order chi connectivity index (χ1) is 6.29. The van der Waals surface area contributed by atoms with Crippen molar-refractivity contribution in [1.29, 1.82) is 0 Å². The highest BCUT2D eigenvalue weighted by Gasteiger charge is 2.07. The summed E-state index contributed by atoms with van der Waals surface area (Å²) in [7, 11) is 1.77. The van der Waals surface area contributed by atoms with Gasteiger partial charge in [-0.3, -0.25) is 0 Å². The summed E-state index contributed by atoms with van der Waals surface area (Å²) in [5, 5.41) is 7.81. The number of nitrogen functional groups attached to an aromatic ring is 1. The number of hydrogen-bond acceptors (Lipinski definition) is 3. The van der Waals surface area contributed by atoms with Gasteiger partial charge in [-0.25, -0.2) is 4.68 Å². The molecule has 0 aliphatic rings. The van der Waals surface area contributed by atoms with E-state index in [-0.39, 0.29) is 12.4 Å². The number of nitrogens with two attached hydrogens (primary N) is 1. The van der Waals surface area contributed by atoms with Gasteiger partial charge in [-0.2, -0.15) is 0 Å². The molecule has 14 heavy (non-hydrogen) atoms. The van der Waals surface area contributed by atoms with Crippen LogP contribution in [-0.4, -0.2) is 15.0 Å². The van der Waals surface area contributed by atoms with Crippen LogP contribution in [0.1, 0.15) is 0 Å². The van der Waals surface area contributed by atoms with Crippen LogP contribution in [0.15, 0.2) is 30.3 Å². The molecule has 2 rings (SSSR count). The van der Waals surface area contributed by atoms with E-state index in [1.165, 1.54) is 0 Å². The van der Waals surface area contributed by atoms with Gasteiger partial charge in [0.2, 0.25) is 0 Å². The van der Waals surface area contributed by atoms with Crippen LogP contribution in [0.2, 0.25) is 0 Å². The van der Waals surface area contributed by atoms with E-state index < -0.39 is 0 Å². The largest absolute Gasteiger partial charge is 0.382 e. The highest BCUT2D eigenvalue weighted by atomic mass is 35.5. The van der Waals surface area contributed by atoms with Crippen molar-refractivity contribution < 1.29 is 0 Å². The van der Waals surface area contributed by atoms with Crippen LogP contribution in [0.3, 0.4) is 0 Å². The van der Waals surface area contributed by atoms with Crippen molar-refractivity contribution in [2.24, 2.45) is 7.05 Å². The number of aryl methyl sites for hydroxylation is 1. The second-order valence-corrected chi connectivity index (χ2v) is 2.81. The molecule has 0 unspecified atom stereocenters. The Balaban J connectivity index is 0.000000980. The first kappa shape index (κ1) is 10.5. The number of anilines is 1. The molecule has 0 saturated heterocycles. The lowest BCUT2D eigenvalue weighted by molar-refractivity contribution is 0.723. The van der Waals surface area contributed by atoms with Gasteiger partial charge in [0, 0.05) is 12.6 Å². The van der Waals surface area contributed by atoms with Crippen molar-refractivity contribution in [3.8, 4) is 11.3 Å². The van der Waals surface area contributed by atoms with Crippen LogP contribution in [-0.2, 0) is 7.05 Å². The summed E-state index contributed by atoms with van der Waals surface area (Å²) in [4.78, 5) is 0. The quantitative estimate of drug-likeness (QED) is 0.776. The topological polar surface area (TPSA) is 56.7 Å². The average molecular weight is 211 g/mol. The van der Waals surface area contributed by atoms with Crippen molar-refractivity contribution in [2.45, 2.75) is 0 Å². The van der Waals surface area contributed by atoms with Gasteiger partial charge in [-0.1, -0.05) is 35.5 Å². The van der Waals surface area contributed by atoms with E-state index >= 15 is 0 Å². The SMILES string of the molecule is Cl.Cn1nnc(-c2ccccc2)c1N. The minimum absolute atomic E-state index is 0. The molecule has 1 aromatic heterocycles. The van der Waals surface area contributed by atoms with Crippen molar-refractivity contribution in [2.75, 3.05) is 5.73 Å². The molecule has 2 N–H and O–H groups in total. The van der Waals surface area contributed by atoms with E-state index in [9.17, 15) is 0 Å². The Morgan fingerprint density at radius 1 is 1.21 bits per heavy atom. The Kier molecular flexibility index (Phi) is 3.09. The highest BCUT2D eigenvalue weighted by Crippen LogP contribution is 2.21. The molecule has 0 aliphatic heterocycles. The first-order valence-corrected chi connectivity index (χ1v) is 3.99. The van der Waals surface area contributed by atoms with Gasteiger partial charge in [0.25, 0.3) is 0 Å². The number of rotatable bonds is 1. The third-order valence-corrected chi connectivity index (χ3v) is 1.92. The van der Waals surface area contributed by atoms with Gasteiger partial charge in [0.15, 0.2) is 0 Å². The maximum absolute atomic E-state index is 5.77. The Morgan fingerprint density at radius 3 is 2.36 bits per heavy atom. The molecular formula is C9H11ClN4. The molecule has 0 aliphatic carbocycles. The molecule has 0 fully saturated rings. The van der Waals surface area contributed by atoms with E-state index in [0.29, 0.717) is 5.82 Å². The minimum Gasteiger partial charge on any atom is -0.382 e. The lowest BCUT2D eigenvalue weighted by Gasteiger charge is -1.96. The Hall–Kier alpha value is -1.55. The molecule has 74 valence electrons.